The summed E-state index contributed by atoms with van der Waals surface area (Å²) in [7, 11) is 3.95. The summed E-state index contributed by atoms with van der Waals surface area (Å²) in [6.07, 6.45) is 0. The highest BCUT2D eigenvalue weighted by molar-refractivity contribution is 9.31. The zero-order valence-electron chi connectivity index (χ0n) is 10.2. The van der Waals surface area contributed by atoms with Crippen LogP contribution in [0.4, 0.5) is 0 Å². The zero-order chi connectivity index (χ0) is 12.1. The van der Waals surface area contributed by atoms with Crippen LogP contribution in [0.25, 0.3) is 0 Å². The van der Waals surface area contributed by atoms with E-state index in [4.69, 9.17) is 24.5 Å². The molecule has 1 aliphatic heterocycles. The van der Waals surface area contributed by atoms with Crippen molar-refractivity contribution in [1.29, 1.82) is 0 Å². The molecular weight excluding hydrogens is 298 g/mol. The van der Waals surface area contributed by atoms with Gasteiger partial charge in [0.25, 0.3) is 0 Å². The van der Waals surface area contributed by atoms with Crippen LogP contribution < -0.4 is 0 Å². The molecule has 1 fully saturated rings. The highest BCUT2D eigenvalue weighted by Gasteiger charge is 2.58. The normalized spacial score (nSPS) is 38.4. The molecule has 0 nitrogen and oxygen atoms in total. The second kappa shape index (κ2) is 4.42. The fourth-order valence-electron chi connectivity index (χ4n) is 1.05. The third-order valence-corrected chi connectivity index (χ3v) is 32.7. The van der Waals surface area contributed by atoms with E-state index in [2.05, 4.69) is 41.5 Å². The van der Waals surface area contributed by atoms with Gasteiger partial charge in [-0.3, -0.25) is 0 Å². The van der Waals surface area contributed by atoms with E-state index in [-0.39, 0.29) is 10.3 Å². The first-order valence-electron chi connectivity index (χ1n) is 4.98. The molecule has 0 radical (unpaired) electrons. The summed E-state index contributed by atoms with van der Waals surface area (Å²) >= 11 is 11.9. The first kappa shape index (κ1) is 15.3. The minimum Gasteiger partial charge on any atom is -0.539 e. The van der Waals surface area contributed by atoms with E-state index in [0.717, 1.165) is 5.90 Å². The third-order valence-electron chi connectivity index (χ3n) is 2.69. The molecule has 6 heteroatoms. The fraction of sp³-hybridized carbons (Fsp3) is 1.00. The maximum absolute atomic E-state index is 5.94. The molecule has 1 rings (SSSR count). The van der Waals surface area contributed by atoms with Crippen molar-refractivity contribution in [2.75, 3.05) is 5.90 Å². The molecule has 0 aromatic heterocycles. The highest BCUT2D eigenvalue weighted by atomic mass is 33.6. The molecule has 1 aliphatic rings. The van der Waals surface area contributed by atoms with Crippen molar-refractivity contribution in [3.63, 3.8) is 0 Å². The standard InChI is InChI=1S/C9H20P2S4/c1-8(2,3)10(12)7-11(13,15-14-10)9(4,5)6/h7H2,1-6H3. The Morgan fingerprint density at radius 1 is 0.800 bits per heavy atom. The first-order valence-corrected chi connectivity index (χ1v) is 14.3. The molecule has 1 heterocycles. The van der Waals surface area contributed by atoms with Gasteiger partial charge in [0, 0.05) is 11.3 Å². The lowest BCUT2D eigenvalue weighted by atomic mass is 10.3. The van der Waals surface area contributed by atoms with Crippen molar-refractivity contribution < 1.29 is 0 Å². The molecule has 0 aromatic rings. The fourth-order valence-corrected chi connectivity index (χ4v) is 37.9. The number of hydrogen-bond acceptors (Lipinski definition) is 4. The lowest BCUT2D eigenvalue weighted by molar-refractivity contribution is 0.783. The molecule has 0 amide bonds. The summed E-state index contributed by atoms with van der Waals surface area (Å²) in [6, 6.07) is 0. The molecule has 0 bridgehead atoms. The maximum Gasteiger partial charge on any atom is 0.144 e. The predicted molar refractivity (Wildman–Crippen MR) is 88.1 cm³/mol. The van der Waals surface area contributed by atoms with E-state index >= 15 is 0 Å². The van der Waals surface area contributed by atoms with Crippen molar-refractivity contribution in [2.24, 2.45) is 0 Å². The molecule has 0 saturated carbocycles. The van der Waals surface area contributed by atoms with Crippen LogP contribution in [0.2, 0.25) is 0 Å². The molecule has 0 aromatic carbocycles. The quantitative estimate of drug-likeness (QED) is 0.318. The van der Waals surface area contributed by atoms with Gasteiger partial charge < -0.3 is 24.5 Å². The summed E-state index contributed by atoms with van der Waals surface area (Å²) < 4.78 is 0. The summed E-state index contributed by atoms with van der Waals surface area (Å²) in [4.78, 5) is 0. The van der Waals surface area contributed by atoms with Gasteiger partial charge >= 0.3 is 0 Å². The summed E-state index contributed by atoms with van der Waals surface area (Å²) in [5.41, 5.74) is -2.63. The molecule has 2 unspecified atom stereocenters. The van der Waals surface area contributed by atoms with Gasteiger partial charge in [-0.1, -0.05) is 0 Å². The molecule has 1 saturated heterocycles. The Balaban J connectivity index is 2.93. The smallest absolute Gasteiger partial charge is 0.144 e. The Bertz CT molecular complexity index is 232. The van der Waals surface area contributed by atoms with Crippen LogP contribution in [0.5, 0.6) is 0 Å². The summed E-state index contributed by atoms with van der Waals surface area (Å²) in [5.74, 6) is 1.16. The molecule has 2 atom stereocenters. The summed E-state index contributed by atoms with van der Waals surface area (Å²) in [5, 5.41) is 0.539. The van der Waals surface area contributed by atoms with Gasteiger partial charge in [0.15, 0.2) is 0 Å². The van der Waals surface area contributed by atoms with Crippen LogP contribution in [-0.4, -0.2) is 16.2 Å². The van der Waals surface area contributed by atoms with Crippen LogP contribution in [0.15, 0.2) is 0 Å². The first-order chi connectivity index (χ1) is 6.41. The Hall–Kier alpha value is 2.26. The second-order valence-electron chi connectivity index (χ2n) is 5.98. The van der Waals surface area contributed by atoms with Gasteiger partial charge in [-0.2, -0.15) is 0 Å². The molecule has 0 spiro atoms. The monoisotopic (exact) mass is 318 g/mol. The van der Waals surface area contributed by atoms with Crippen LogP contribution in [-0.2, 0) is 24.5 Å². The van der Waals surface area contributed by atoms with Gasteiger partial charge in [0.2, 0.25) is 0 Å². The van der Waals surface area contributed by atoms with Crippen molar-refractivity contribution in [3.8, 4) is 0 Å². The Morgan fingerprint density at radius 3 is 1.20 bits per heavy atom. The minimum absolute atomic E-state index is 0.270. The Kier molecular flexibility index (Phi) is 4.52. The van der Waals surface area contributed by atoms with Gasteiger partial charge in [0.05, 0.1) is 10.3 Å². The lowest BCUT2D eigenvalue weighted by Gasteiger charge is -2.41. The zero-order valence-corrected chi connectivity index (χ0v) is 15.3. The molecule has 0 aliphatic carbocycles. The van der Waals surface area contributed by atoms with E-state index in [9.17, 15) is 0 Å². The average Bonchev–Trinajstić information content (AvgIpc) is 2.26. The van der Waals surface area contributed by atoms with Crippen LogP contribution >= 0.6 is 32.2 Å². The third kappa shape index (κ3) is 2.99. The van der Waals surface area contributed by atoms with Gasteiger partial charge in [-0.15, -0.1) is 0 Å². The second-order valence-corrected chi connectivity index (χ2v) is 25.2. The van der Waals surface area contributed by atoms with Gasteiger partial charge in [-0.05, 0) is 41.5 Å². The number of rotatable bonds is 0. The SMILES string of the molecule is CC(C)(C)[P+]1([S-])C[P+]([S-])(C(C)(C)C)SS1. The van der Waals surface area contributed by atoms with Crippen molar-refractivity contribution in [3.05, 3.63) is 0 Å². The lowest BCUT2D eigenvalue weighted by Crippen LogP contribution is -2.21. The van der Waals surface area contributed by atoms with Crippen LogP contribution in [0, 0.1) is 0 Å². The van der Waals surface area contributed by atoms with E-state index in [0.29, 0.717) is 0 Å². The molecule has 0 N–H and O–H groups in total. The van der Waals surface area contributed by atoms with E-state index in [1.165, 1.54) is 0 Å². The van der Waals surface area contributed by atoms with Gasteiger partial charge in [0.1, 0.15) is 26.7 Å². The molecular formula is C9H20P2S4. The van der Waals surface area contributed by atoms with Crippen molar-refractivity contribution >= 4 is 56.7 Å². The minimum atomic E-state index is -1.31. The largest absolute Gasteiger partial charge is 0.539 e. The van der Waals surface area contributed by atoms with E-state index in [1.54, 1.807) is 0 Å². The molecule has 15 heavy (non-hydrogen) atoms. The van der Waals surface area contributed by atoms with Crippen LogP contribution in [0.3, 0.4) is 0 Å². The number of hydrogen-bond donors (Lipinski definition) is 0. The molecule has 90 valence electrons. The van der Waals surface area contributed by atoms with E-state index in [1.807, 2.05) is 20.8 Å². The predicted octanol–water partition coefficient (Wildman–Crippen LogP) is 5.72. The highest BCUT2D eigenvalue weighted by Crippen LogP contribution is 3.02. The van der Waals surface area contributed by atoms with Crippen molar-refractivity contribution in [2.45, 2.75) is 51.9 Å². The van der Waals surface area contributed by atoms with Crippen LogP contribution in [0.1, 0.15) is 41.5 Å². The van der Waals surface area contributed by atoms with E-state index < -0.39 is 11.3 Å². The Morgan fingerprint density at radius 2 is 1.07 bits per heavy atom. The maximum atomic E-state index is 5.94. The Labute approximate surface area is 114 Å². The summed E-state index contributed by atoms with van der Waals surface area (Å²) in [6.45, 7) is 13.7. The average molecular weight is 318 g/mol. The van der Waals surface area contributed by atoms with Crippen molar-refractivity contribution in [1.82, 2.24) is 0 Å². The topological polar surface area (TPSA) is 0 Å². The van der Waals surface area contributed by atoms with Gasteiger partial charge in [-0.25, -0.2) is 0 Å².